The third kappa shape index (κ3) is 4.41. The van der Waals surface area contributed by atoms with Crippen molar-refractivity contribution in [3.05, 3.63) is 35.9 Å². The largest absolute Gasteiger partial charge is 0.466 e. The van der Waals surface area contributed by atoms with Crippen molar-refractivity contribution in [1.82, 2.24) is 4.90 Å². The van der Waals surface area contributed by atoms with Gasteiger partial charge in [0.1, 0.15) is 11.0 Å². The summed E-state index contributed by atoms with van der Waals surface area (Å²) in [7, 11) is 0. The van der Waals surface area contributed by atoms with E-state index < -0.39 is 34.5 Å². The molecule has 2 saturated carbocycles. The lowest BCUT2D eigenvalue weighted by atomic mass is 9.84. The average Bonchev–Trinajstić information content (AvgIpc) is 3.59. The second-order valence-corrected chi connectivity index (χ2v) is 9.31. The second-order valence-electron chi connectivity index (χ2n) is 9.31. The van der Waals surface area contributed by atoms with Crippen LogP contribution in [0.5, 0.6) is 0 Å². The van der Waals surface area contributed by atoms with Crippen LogP contribution in [0.3, 0.4) is 0 Å². The van der Waals surface area contributed by atoms with Crippen LogP contribution in [0, 0.1) is 10.8 Å². The molecule has 0 aromatic heterocycles. The van der Waals surface area contributed by atoms with Gasteiger partial charge in [-0.05, 0) is 59.4 Å². The molecular formula is C24H33NO6. The van der Waals surface area contributed by atoms with E-state index in [1.165, 1.54) is 0 Å². The third-order valence-electron chi connectivity index (χ3n) is 6.03. The fraction of sp³-hybridized carbons (Fsp3) is 0.625. The van der Waals surface area contributed by atoms with Crippen LogP contribution in [0.15, 0.2) is 30.3 Å². The minimum Gasteiger partial charge on any atom is -0.466 e. The molecule has 0 N–H and O–H groups in total. The second kappa shape index (κ2) is 8.52. The quantitative estimate of drug-likeness (QED) is 0.455. The number of amides is 1. The molecule has 170 valence electrons. The van der Waals surface area contributed by atoms with Crippen LogP contribution < -0.4 is 0 Å². The molecule has 2 fully saturated rings. The summed E-state index contributed by atoms with van der Waals surface area (Å²) in [6, 6.07) is 9.05. The number of nitrogens with zero attached hydrogens (tertiary/aromatic N) is 1. The zero-order valence-electron chi connectivity index (χ0n) is 19.1. The smallest absolute Gasteiger partial charge is 0.410 e. The van der Waals surface area contributed by atoms with E-state index in [4.69, 9.17) is 14.2 Å². The fourth-order valence-corrected chi connectivity index (χ4v) is 4.44. The summed E-state index contributed by atoms with van der Waals surface area (Å²) in [5.41, 5.74) is -1.80. The van der Waals surface area contributed by atoms with Crippen LogP contribution in [0.2, 0.25) is 0 Å². The Labute approximate surface area is 184 Å². The van der Waals surface area contributed by atoms with Crippen molar-refractivity contribution in [3.63, 3.8) is 0 Å². The molecule has 0 radical (unpaired) electrons. The number of esters is 2. The number of benzene rings is 1. The Morgan fingerprint density at radius 2 is 1.58 bits per heavy atom. The molecule has 2 aliphatic carbocycles. The van der Waals surface area contributed by atoms with E-state index in [0.717, 1.165) is 5.56 Å². The van der Waals surface area contributed by atoms with Crippen molar-refractivity contribution in [2.75, 3.05) is 13.2 Å². The highest BCUT2D eigenvalue weighted by Crippen LogP contribution is 2.72. The van der Waals surface area contributed by atoms with Crippen molar-refractivity contribution in [2.45, 2.75) is 72.1 Å². The molecule has 2 unspecified atom stereocenters. The molecule has 1 amide bonds. The van der Waals surface area contributed by atoms with Gasteiger partial charge in [0.2, 0.25) is 0 Å². The van der Waals surface area contributed by atoms with Gasteiger partial charge in [0.05, 0.1) is 24.7 Å². The van der Waals surface area contributed by atoms with E-state index in [0.29, 0.717) is 19.3 Å². The number of rotatable bonds is 8. The highest BCUT2D eigenvalue weighted by atomic mass is 16.6. The first kappa shape index (κ1) is 23.1. The Bertz CT molecular complexity index is 826. The molecule has 0 saturated heterocycles. The van der Waals surface area contributed by atoms with Gasteiger partial charge in [0.15, 0.2) is 0 Å². The van der Waals surface area contributed by atoms with Crippen molar-refractivity contribution in [1.29, 1.82) is 0 Å². The van der Waals surface area contributed by atoms with Gasteiger partial charge >= 0.3 is 18.0 Å². The zero-order chi connectivity index (χ0) is 22.9. The highest BCUT2D eigenvalue weighted by molar-refractivity contribution is 5.94. The molecule has 0 spiro atoms. The van der Waals surface area contributed by atoms with E-state index in [9.17, 15) is 14.4 Å². The lowest BCUT2D eigenvalue weighted by molar-refractivity contribution is -0.165. The molecule has 3 rings (SSSR count). The normalized spacial score (nSPS) is 23.5. The van der Waals surface area contributed by atoms with E-state index >= 15 is 0 Å². The van der Waals surface area contributed by atoms with Gasteiger partial charge in [-0.3, -0.25) is 14.5 Å². The van der Waals surface area contributed by atoms with Crippen LogP contribution in [-0.2, 0) is 30.3 Å². The summed E-state index contributed by atoms with van der Waals surface area (Å²) in [6.45, 7) is 9.62. The van der Waals surface area contributed by atoms with Crippen LogP contribution >= 0.6 is 0 Å². The van der Waals surface area contributed by atoms with E-state index in [1.54, 1.807) is 39.5 Å². The molecule has 2 atom stereocenters. The molecular weight excluding hydrogens is 398 g/mol. The molecule has 7 heteroatoms. The molecule has 0 bridgehead atoms. The summed E-state index contributed by atoms with van der Waals surface area (Å²) in [5, 5.41) is 0. The maximum atomic E-state index is 13.2. The summed E-state index contributed by atoms with van der Waals surface area (Å²) in [6.07, 6.45) is 0.951. The van der Waals surface area contributed by atoms with Gasteiger partial charge in [-0.15, -0.1) is 0 Å². The molecule has 1 aromatic carbocycles. The monoisotopic (exact) mass is 431 g/mol. The molecule has 31 heavy (non-hydrogen) atoms. The first-order chi connectivity index (χ1) is 14.6. The first-order valence-electron chi connectivity index (χ1n) is 11.0. The molecule has 1 aromatic rings. The van der Waals surface area contributed by atoms with E-state index in [-0.39, 0.29) is 25.7 Å². The molecule has 0 aliphatic heterocycles. The number of carbonyl (C=O) groups excluding carboxylic acids is 3. The number of ether oxygens (including phenoxy) is 3. The molecule has 0 heterocycles. The van der Waals surface area contributed by atoms with E-state index in [2.05, 4.69) is 0 Å². The van der Waals surface area contributed by atoms with Crippen LogP contribution in [0.1, 0.15) is 59.4 Å². The van der Waals surface area contributed by atoms with Crippen molar-refractivity contribution in [2.24, 2.45) is 10.8 Å². The highest BCUT2D eigenvalue weighted by Gasteiger charge is 2.81. The Kier molecular flexibility index (Phi) is 6.35. The Morgan fingerprint density at radius 1 is 1.00 bits per heavy atom. The number of hydrogen-bond donors (Lipinski definition) is 0. The third-order valence-corrected chi connectivity index (χ3v) is 6.03. The maximum absolute atomic E-state index is 13.2. The minimum absolute atomic E-state index is 0.206. The predicted molar refractivity (Wildman–Crippen MR) is 114 cm³/mol. The predicted octanol–water partition coefficient (Wildman–Crippen LogP) is 4.09. The number of carbonyl (C=O) groups is 3. The van der Waals surface area contributed by atoms with Crippen LogP contribution in [0.25, 0.3) is 0 Å². The van der Waals surface area contributed by atoms with Crippen molar-refractivity contribution in [3.8, 4) is 0 Å². The van der Waals surface area contributed by atoms with Crippen LogP contribution in [-0.4, -0.2) is 47.8 Å². The lowest BCUT2D eigenvalue weighted by Crippen LogP contribution is -2.46. The zero-order valence-corrected chi connectivity index (χ0v) is 19.1. The minimum atomic E-state index is -1.10. The van der Waals surface area contributed by atoms with Gasteiger partial charge in [-0.25, -0.2) is 4.79 Å². The average molecular weight is 432 g/mol. The molecule has 2 aliphatic rings. The SMILES string of the molecule is CCOC(=O)C1(C2(C(=O)OCC)CC2N(Cc2ccccc2)C(=O)OC(C)(C)C)CC1. The van der Waals surface area contributed by atoms with Crippen LogP contribution in [0.4, 0.5) is 4.79 Å². The summed E-state index contributed by atoms with van der Waals surface area (Å²) in [5.74, 6) is -0.818. The maximum Gasteiger partial charge on any atom is 0.410 e. The molecule has 7 nitrogen and oxygen atoms in total. The van der Waals surface area contributed by atoms with Gasteiger partial charge in [0.25, 0.3) is 0 Å². The lowest BCUT2D eigenvalue weighted by Gasteiger charge is -2.31. The van der Waals surface area contributed by atoms with Gasteiger partial charge in [-0.2, -0.15) is 0 Å². The van der Waals surface area contributed by atoms with E-state index in [1.807, 2.05) is 30.3 Å². The van der Waals surface area contributed by atoms with Crippen molar-refractivity contribution < 1.29 is 28.6 Å². The Hall–Kier alpha value is -2.57. The topological polar surface area (TPSA) is 82.1 Å². The summed E-state index contributed by atoms with van der Waals surface area (Å²) < 4.78 is 16.4. The first-order valence-corrected chi connectivity index (χ1v) is 11.0. The van der Waals surface area contributed by atoms with Gasteiger partial charge in [0, 0.05) is 6.54 Å². The standard InChI is InChI=1S/C24H33NO6/c1-6-29-19(26)23(13-14-23)24(20(27)30-7-2)15-18(24)25(21(28)31-22(3,4)5)16-17-11-9-8-10-12-17/h8-12,18H,6-7,13-16H2,1-5H3. The number of hydrogen-bond acceptors (Lipinski definition) is 6. The fourth-order valence-electron chi connectivity index (χ4n) is 4.44. The van der Waals surface area contributed by atoms with Gasteiger partial charge in [-0.1, -0.05) is 30.3 Å². The van der Waals surface area contributed by atoms with Gasteiger partial charge < -0.3 is 14.2 Å². The Morgan fingerprint density at radius 3 is 2.10 bits per heavy atom. The summed E-state index contributed by atoms with van der Waals surface area (Å²) in [4.78, 5) is 40.8. The van der Waals surface area contributed by atoms with Crippen molar-refractivity contribution >= 4 is 18.0 Å². The Balaban J connectivity index is 1.96. The summed E-state index contributed by atoms with van der Waals surface area (Å²) >= 11 is 0.